The molecule has 0 spiro atoms. The molecule has 0 aliphatic rings. The van der Waals surface area contributed by atoms with Gasteiger partial charge in [-0.25, -0.2) is 4.79 Å². The number of amides is 2. The molecule has 1 aromatic carbocycles. The zero-order valence-electron chi connectivity index (χ0n) is 12.3. The largest absolute Gasteiger partial charge is 0.326 e. The molecule has 0 unspecified atom stereocenters. The Kier molecular flexibility index (Phi) is 4.90. The van der Waals surface area contributed by atoms with Crippen molar-refractivity contribution in [2.24, 2.45) is 5.73 Å². The normalized spacial score (nSPS) is 10.2. The monoisotopic (exact) mass is 284 g/mol. The Labute approximate surface area is 124 Å². The third kappa shape index (κ3) is 4.29. The first-order valence-electron chi connectivity index (χ1n) is 6.82. The third-order valence-electron chi connectivity index (χ3n) is 3.13. The molecule has 2 rings (SSSR count). The van der Waals surface area contributed by atoms with Gasteiger partial charge in [-0.3, -0.25) is 4.98 Å². The fraction of sp³-hybridized carbons (Fsp3) is 0.250. The Bertz CT molecular complexity index is 610. The summed E-state index contributed by atoms with van der Waals surface area (Å²) in [4.78, 5) is 18.1. The first kappa shape index (κ1) is 15.0. The van der Waals surface area contributed by atoms with E-state index < -0.39 is 0 Å². The van der Waals surface area contributed by atoms with Crippen molar-refractivity contribution in [1.82, 2.24) is 9.88 Å². The maximum absolute atomic E-state index is 12.1. The highest BCUT2D eigenvalue weighted by Crippen LogP contribution is 2.10. The molecule has 1 heterocycles. The SMILES string of the molecule is Cc1cccc(CN(C)C(=O)Nc2ccc(CN)cc2)n1. The Morgan fingerprint density at radius 1 is 1.24 bits per heavy atom. The van der Waals surface area contributed by atoms with E-state index in [1.54, 1.807) is 11.9 Å². The van der Waals surface area contributed by atoms with Gasteiger partial charge in [0.25, 0.3) is 0 Å². The molecular weight excluding hydrogens is 264 g/mol. The van der Waals surface area contributed by atoms with E-state index in [2.05, 4.69) is 10.3 Å². The number of nitrogens with zero attached hydrogens (tertiary/aromatic N) is 2. The first-order chi connectivity index (χ1) is 10.1. The van der Waals surface area contributed by atoms with Crippen LogP contribution >= 0.6 is 0 Å². The lowest BCUT2D eigenvalue weighted by Gasteiger charge is -2.18. The van der Waals surface area contributed by atoms with Gasteiger partial charge < -0.3 is 16.0 Å². The number of aryl methyl sites for hydroxylation is 1. The average Bonchev–Trinajstić information content (AvgIpc) is 2.48. The topological polar surface area (TPSA) is 71.2 Å². The van der Waals surface area contributed by atoms with Crippen LogP contribution < -0.4 is 11.1 Å². The fourth-order valence-corrected chi connectivity index (χ4v) is 1.95. The lowest BCUT2D eigenvalue weighted by atomic mass is 10.2. The molecule has 0 aliphatic carbocycles. The summed E-state index contributed by atoms with van der Waals surface area (Å²) in [6.45, 7) is 2.89. The van der Waals surface area contributed by atoms with Crippen LogP contribution in [-0.4, -0.2) is 23.0 Å². The second kappa shape index (κ2) is 6.85. The first-order valence-corrected chi connectivity index (χ1v) is 6.82. The molecule has 1 aromatic heterocycles. The molecule has 2 aromatic rings. The molecule has 0 aliphatic heterocycles. The zero-order valence-corrected chi connectivity index (χ0v) is 12.3. The van der Waals surface area contributed by atoms with E-state index >= 15 is 0 Å². The van der Waals surface area contributed by atoms with Gasteiger partial charge in [-0.15, -0.1) is 0 Å². The van der Waals surface area contributed by atoms with Crippen LogP contribution in [0.3, 0.4) is 0 Å². The number of pyridine rings is 1. The minimum atomic E-state index is -0.168. The van der Waals surface area contributed by atoms with Gasteiger partial charge in [-0.1, -0.05) is 18.2 Å². The van der Waals surface area contributed by atoms with Crippen LogP contribution in [0.2, 0.25) is 0 Å². The van der Waals surface area contributed by atoms with Gasteiger partial charge in [0.05, 0.1) is 12.2 Å². The number of anilines is 1. The molecule has 0 saturated heterocycles. The second-order valence-corrected chi connectivity index (χ2v) is 4.96. The number of carbonyl (C=O) groups excluding carboxylic acids is 1. The highest BCUT2D eigenvalue weighted by Gasteiger charge is 2.10. The Morgan fingerprint density at radius 2 is 1.95 bits per heavy atom. The molecule has 0 bridgehead atoms. The lowest BCUT2D eigenvalue weighted by Crippen LogP contribution is -2.31. The van der Waals surface area contributed by atoms with E-state index in [0.717, 1.165) is 22.6 Å². The number of aromatic nitrogens is 1. The number of rotatable bonds is 4. The van der Waals surface area contributed by atoms with Gasteiger partial charge in [-0.2, -0.15) is 0 Å². The Hall–Kier alpha value is -2.40. The maximum atomic E-state index is 12.1. The van der Waals surface area contributed by atoms with Crippen molar-refractivity contribution in [3.8, 4) is 0 Å². The van der Waals surface area contributed by atoms with Crippen molar-refractivity contribution in [3.63, 3.8) is 0 Å². The minimum absolute atomic E-state index is 0.168. The van der Waals surface area contributed by atoms with Crippen molar-refractivity contribution < 1.29 is 4.79 Å². The fourth-order valence-electron chi connectivity index (χ4n) is 1.95. The lowest BCUT2D eigenvalue weighted by molar-refractivity contribution is 0.220. The molecule has 110 valence electrons. The molecule has 0 radical (unpaired) electrons. The number of hydrogen-bond acceptors (Lipinski definition) is 3. The summed E-state index contributed by atoms with van der Waals surface area (Å²) >= 11 is 0. The number of nitrogens with one attached hydrogen (secondary N) is 1. The molecule has 21 heavy (non-hydrogen) atoms. The van der Waals surface area contributed by atoms with Crippen LogP contribution in [-0.2, 0) is 13.1 Å². The van der Waals surface area contributed by atoms with Crippen molar-refractivity contribution in [2.75, 3.05) is 12.4 Å². The molecular formula is C16H20N4O. The van der Waals surface area contributed by atoms with E-state index in [4.69, 9.17) is 5.73 Å². The highest BCUT2D eigenvalue weighted by atomic mass is 16.2. The van der Waals surface area contributed by atoms with E-state index in [9.17, 15) is 4.79 Å². The van der Waals surface area contributed by atoms with Crippen molar-refractivity contribution in [3.05, 3.63) is 59.4 Å². The smallest absolute Gasteiger partial charge is 0.321 e. The maximum Gasteiger partial charge on any atom is 0.321 e. The van der Waals surface area contributed by atoms with Crippen LogP contribution in [0, 0.1) is 6.92 Å². The van der Waals surface area contributed by atoms with E-state index in [1.165, 1.54) is 0 Å². The summed E-state index contributed by atoms with van der Waals surface area (Å²) in [6, 6.07) is 13.1. The zero-order chi connectivity index (χ0) is 15.2. The molecule has 5 nitrogen and oxygen atoms in total. The predicted molar refractivity (Wildman–Crippen MR) is 83.8 cm³/mol. The summed E-state index contributed by atoms with van der Waals surface area (Å²) in [5, 5.41) is 2.85. The van der Waals surface area contributed by atoms with E-state index in [-0.39, 0.29) is 6.03 Å². The van der Waals surface area contributed by atoms with Gasteiger partial charge >= 0.3 is 6.03 Å². The number of benzene rings is 1. The van der Waals surface area contributed by atoms with Gasteiger partial charge in [0.15, 0.2) is 0 Å². The van der Waals surface area contributed by atoms with Gasteiger partial charge in [0, 0.05) is 25.0 Å². The summed E-state index contributed by atoms with van der Waals surface area (Å²) in [5.41, 5.74) is 9.14. The van der Waals surface area contributed by atoms with Crippen LogP contribution in [0.15, 0.2) is 42.5 Å². The van der Waals surface area contributed by atoms with Gasteiger partial charge in [0.1, 0.15) is 0 Å². The highest BCUT2D eigenvalue weighted by molar-refractivity contribution is 5.89. The van der Waals surface area contributed by atoms with Gasteiger partial charge in [-0.05, 0) is 36.8 Å². The quantitative estimate of drug-likeness (QED) is 0.906. The van der Waals surface area contributed by atoms with Gasteiger partial charge in [0.2, 0.25) is 0 Å². The molecule has 0 fully saturated rings. The van der Waals surface area contributed by atoms with Crippen LogP contribution in [0.1, 0.15) is 17.0 Å². The number of carbonyl (C=O) groups is 1. The van der Waals surface area contributed by atoms with E-state index in [1.807, 2.05) is 49.4 Å². The van der Waals surface area contributed by atoms with Crippen molar-refractivity contribution in [2.45, 2.75) is 20.0 Å². The van der Waals surface area contributed by atoms with Crippen LogP contribution in [0.5, 0.6) is 0 Å². The summed E-state index contributed by atoms with van der Waals surface area (Å²) in [5.74, 6) is 0. The van der Waals surface area contributed by atoms with E-state index in [0.29, 0.717) is 13.1 Å². The summed E-state index contributed by atoms with van der Waals surface area (Å²) in [6.07, 6.45) is 0. The van der Waals surface area contributed by atoms with Crippen LogP contribution in [0.25, 0.3) is 0 Å². The van der Waals surface area contributed by atoms with Crippen LogP contribution in [0.4, 0.5) is 10.5 Å². The number of nitrogens with two attached hydrogens (primary N) is 1. The summed E-state index contributed by atoms with van der Waals surface area (Å²) in [7, 11) is 1.74. The Morgan fingerprint density at radius 3 is 2.57 bits per heavy atom. The number of urea groups is 1. The molecule has 3 N–H and O–H groups in total. The molecule has 0 atom stereocenters. The minimum Gasteiger partial charge on any atom is -0.326 e. The standard InChI is InChI=1S/C16H20N4O/c1-12-4-3-5-15(18-12)11-20(2)16(21)19-14-8-6-13(10-17)7-9-14/h3-9H,10-11,17H2,1-2H3,(H,19,21). The average molecular weight is 284 g/mol. The molecule has 2 amide bonds. The number of hydrogen-bond donors (Lipinski definition) is 2. The predicted octanol–water partition coefficient (Wildman–Crippen LogP) is 2.51. The summed E-state index contributed by atoms with van der Waals surface area (Å²) < 4.78 is 0. The second-order valence-electron chi connectivity index (χ2n) is 4.96. The van der Waals surface area contributed by atoms with Crippen molar-refractivity contribution >= 4 is 11.7 Å². The third-order valence-corrected chi connectivity index (χ3v) is 3.13. The molecule has 5 heteroatoms. The molecule has 0 saturated carbocycles. The van der Waals surface area contributed by atoms with Crippen molar-refractivity contribution in [1.29, 1.82) is 0 Å². The Balaban J connectivity index is 1.95.